The number of thiol groups is 1. The Morgan fingerprint density at radius 2 is 2.60 bits per heavy atom. The van der Waals surface area contributed by atoms with Crippen LogP contribution < -0.4 is 5.73 Å². The normalized spacial score (nSPS) is 13.5. The third-order valence-corrected chi connectivity index (χ3v) is 2.64. The second-order valence-electron chi connectivity index (χ2n) is 2.12. The molecule has 4 heteroatoms. The summed E-state index contributed by atoms with van der Waals surface area (Å²) in [6, 6.07) is 0.00188. The summed E-state index contributed by atoms with van der Waals surface area (Å²) >= 11 is 5.68. The molecule has 56 valence electrons. The summed E-state index contributed by atoms with van der Waals surface area (Å²) in [6.07, 6.45) is 0. The molecular formula is C6H10N2S2. The van der Waals surface area contributed by atoms with Crippen LogP contribution in [0.5, 0.6) is 0 Å². The number of aryl methyl sites for hydroxylation is 1. The van der Waals surface area contributed by atoms with Gasteiger partial charge < -0.3 is 5.73 Å². The van der Waals surface area contributed by atoms with E-state index in [0.717, 1.165) is 10.7 Å². The number of rotatable bonds is 2. The minimum Gasteiger partial charge on any atom is -0.321 e. The summed E-state index contributed by atoms with van der Waals surface area (Å²) in [7, 11) is 0. The second kappa shape index (κ2) is 3.37. The zero-order valence-electron chi connectivity index (χ0n) is 5.74. The molecule has 0 aromatic carbocycles. The van der Waals surface area contributed by atoms with Crippen LogP contribution in [0.25, 0.3) is 0 Å². The smallest absolute Gasteiger partial charge is 0.110 e. The van der Waals surface area contributed by atoms with Crippen molar-refractivity contribution in [1.82, 2.24) is 4.98 Å². The highest BCUT2D eigenvalue weighted by atomic mass is 32.1. The fourth-order valence-electron chi connectivity index (χ4n) is 0.621. The third kappa shape index (κ3) is 1.71. The van der Waals surface area contributed by atoms with Gasteiger partial charge in [0.2, 0.25) is 0 Å². The number of hydrogen-bond acceptors (Lipinski definition) is 4. The van der Waals surface area contributed by atoms with Gasteiger partial charge >= 0.3 is 0 Å². The maximum Gasteiger partial charge on any atom is 0.110 e. The molecule has 0 saturated heterocycles. The predicted molar refractivity (Wildman–Crippen MR) is 47.6 cm³/mol. The molecular weight excluding hydrogens is 164 g/mol. The molecule has 1 aromatic heterocycles. The second-order valence-corrected chi connectivity index (χ2v) is 3.37. The first-order valence-corrected chi connectivity index (χ1v) is 4.53. The van der Waals surface area contributed by atoms with Crippen molar-refractivity contribution in [2.24, 2.45) is 5.73 Å². The molecule has 0 aliphatic rings. The summed E-state index contributed by atoms with van der Waals surface area (Å²) in [4.78, 5) is 4.23. The van der Waals surface area contributed by atoms with E-state index in [1.165, 1.54) is 0 Å². The van der Waals surface area contributed by atoms with Gasteiger partial charge in [-0.3, -0.25) is 0 Å². The lowest BCUT2D eigenvalue weighted by molar-refractivity contribution is 0.818. The van der Waals surface area contributed by atoms with Crippen LogP contribution in [-0.4, -0.2) is 10.7 Å². The molecule has 0 amide bonds. The monoisotopic (exact) mass is 174 g/mol. The Morgan fingerprint density at radius 1 is 1.90 bits per heavy atom. The lowest BCUT2D eigenvalue weighted by Crippen LogP contribution is -2.11. The summed E-state index contributed by atoms with van der Waals surface area (Å²) in [6.45, 7) is 1.96. The Morgan fingerprint density at radius 3 is 3.00 bits per heavy atom. The maximum atomic E-state index is 5.68. The highest BCUT2D eigenvalue weighted by Gasteiger charge is 2.06. The standard InChI is InChI=1S/C6H10N2S2/c1-4-3-10-6(8-4)5(7)2-9/h3,5,9H,2,7H2,1H3/t5-/m1/s1. The van der Waals surface area contributed by atoms with E-state index in [-0.39, 0.29) is 6.04 Å². The van der Waals surface area contributed by atoms with Gasteiger partial charge in [-0.25, -0.2) is 4.98 Å². The molecule has 10 heavy (non-hydrogen) atoms. The highest BCUT2D eigenvalue weighted by molar-refractivity contribution is 7.80. The number of nitrogens with zero attached hydrogens (tertiary/aromatic N) is 1. The van der Waals surface area contributed by atoms with Crippen molar-refractivity contribution in [2.45, 2.75) is 13.0 Å². The third-order valence-electron chi connectivity index (χ3n) is 1.15. The average molecular weight is 174 g/mol. The van der Waals surface area contributed by atoms with Crippen LogP contribution in [0.1, 0.15) is 16.7 Å². The van der Waals surface area contributed by atoms with Crippen LogP contribution in [0.4, 0.5) is 0 Å². The molecule has 1 atom stereocenters. The Bertz CT molecular complexity index is 209. The molecule has 1 aromatic rings. The van der Waals surface area contributed by atoms with E-state index >= 15 is 0 Å². The Labute approximate surface area is 69.9 Å². The number of hydrogen-bond donors (Lipinski definition) is 2. The average Bonchev–Trinajstić information content (AvgIpc) is 2.34. The lowest BCUT2D eigenvalue weighted by Gasteiger charge is -2.00. The molecule has 0 fully saturated rings. The first-order chi connectivity index (χ1) is 4.74. The Kier molecular flexibility index (Phi) is 2.71. The fourth-order valence-corrected chi connectivity index (χ4v) is 1.72. The number of nitrogens with two attached hydrogens (primary N) is 1. The van der Waals surface area contributed by atoms with Crippen LogP contribution in [0.3, 0.4) is 0 Å². The fraction of sp³-hybridized carbons (Fsp3) is 0.500. The van der Waals surface area contributed by atoms with Gasteiger partial charge in [0.05, 0.1) is 6.04 Å². The first kappa shape index (κ1) is 8.04. The molecule has 0 aliphatic carbocycles. The molecule has 0 radical (unpaired) electrons. The highest BCUT2D eigenvalue weighted by Crippen LogP contribution is 2.16. The van der Waals surface area contributed by atoms with Crippen molar-refractivity contribution < 1.29 is 0 Å². The van der Waals surface area contributed by atoms with Crippen LogP contribution in [-0.2, 0) is 0 Å². The van der Waals surface area contributed by atoms with E-state index in [0.29, 0.717) is 5.75 Å². The van der Waals surface area contributed by atoms with Crippen LogP contribution >= 0.6 is 24.0 Å². The molecule has 0 unspecified atom stereocenters. The Hall–Kier alpha value is -0.0600. The van der Waals surface area contributed by atoms with Crippen molar-refractivity contribution >= 4 is 24.0 Å². The van der Waals surface area contributed by atoms with Gasteiger partial charge in [0.25, 0.3) is 0 Å². The topological polar surface area (TPSA) is 38.9 Å². The van der Waals surface area contributed by atoms with E-state index in [4.69, 9.17) is 5.73 Å². The Balaban J connectivity index is 2.74. The van der Waals surface area contributed by atoms with Gasteiger partial charge in [0.1, 0.15) is 5.01 Å². The van der Waals surface area contributed by atoms with Gasteiger partial charge in [-0.15, -0.1) is 11.3 Å². The molecule has 1 heterocycles. The lowest BCUT2D eigenvalue weighted by atomic mass is 10.4. The molecule has 1 rings (SSSR count). The number of aromatic nitrogens is 1. The number of thiazole rings is 1. The van der Waals surface area contributed by atoms with Gasteiger partial charge in [-0.2, -0.15) is 12.6 Å². The molecule has 2 N–H and O–H groups in total. The van der Waals surface area contributed by atoms with Gasteiger partial charge in [-0.05, 0) is 6.92 Å². The maximum absolute atomic E-state index is 5.68. The molecule has 0 saturated carbocycles. The molecule has 0 bridgehead atoms. The SMILES string of the molecule is Cc1csc([C@H](N)CS)n1. The van der Waals surface area contributed by atoms with Crippen LogP contribution in [0.2, 0.25) is 0 Å². The van der Waals surface area contributed by atoms with Crippen molar-refractivity contribution in [2.75, 3.05) is 5.75 Å². The minimum atomic E-state index is 0.00188. The summed E-state index contributed by atoms with van der Waals surface area (Å²) in [5.74, 6) is 0.660. The van der Waals surface area contributed by atoms with E-state index in [1.54, 1.807) is 11.3 Å². The summed E-state index contributed by atoms with van der Waals surface area (Å²) in [5.41, 5.74) is 6.72. The van der Waals surface area contributed by atoms with E-state index < -0.39 is 0 Å². The van der Waals surface area contributed by atoms with Crippen molar-refractivity contribution in [3.8, 4) is 0 Å². The zero-order chi connectivity index (χ0) is 7.56. The van der Waals surface area contributed by atoms with Crippen molar-refractivity contribution in [3.63, 3.8) is 0 Å². The zero-order valence-corrected chi connectivity index (χ0v) is 7.45. The first-order valence-electron chi connectivity index (χ1n) is 3.02. The van der Waals surface area contributed by atoms with Crippen molar-refractivity contribution in [3.05, 3.63) is 16.1 Å². The van der Waals surface area contributed by atoms with Gasteiger partial charge in [-0.1, -0.05) is 0 Å². The summed E-state index contributed by atoms with van der Waals surface area (Å²) in [5, 5.41) is 2.98. The van der Waals surface area contributed by atoms with E-state index in [2.05, 4.69) is 17.6 Å². The quantitative estimate of drug-likeness (QED) is 0.665. The largest absolute Gasteiger partial charge is 0.321 e. The van der Waals surface area contributed by atoms with Crippen LogP contribution in [0, 0.1) is 6.92 Å². The van der Waals surface area contributed by atoms with E-state index in [1.807, 2.05) is 12.3 Å². The molecule has 0 spiro atoms. The molecule has 0 aliphatic heterocycles. The van der Waals surface area contributed by atoms with Gasteiger partial charge in [0, 0.05) is 16.8 Å². The predicted octanol–water partition coefficient (Wildman–Crippen LogP) is 1.38. The van der Waals surface area contributed by atoms with Gasteiger partial charge in [0.15, 0.2) is 0 Å². The van der Waals surface area contributed by atoms with E-state index in [9.17, 15) is 0 Å². The van der Waals surface area contributed by atoms with Crippen molar-refractivity contribution in [1.29, 1.82) is 0 Å². The van der Waals surface area contributed by atoms with Crippen LogP contribution in [0.15, 0.2) is 5.38 Å². The minimum absolute atomic E-state index is 0.00188. The summed E-state index contributed by atoms with van der Waals surface area (Å²) < 4.78 is 0. The molecule has 2 nitrogen and oxygen atoms in total.